The van der Waals surface area contributed by atoms with Crippen molar-refractivity contribution in [2.45, 2.75) is 62.8 Å². The van der Waals surface area contributed by atoms with Gasteiger partial charge in [0.05, 0.1) is 11.0 Å². The van der Waals surface area contributed by atoms with E-state index in [1.54, 1.807) is 31.6 Å². The Kier molecular flexibility index (Phi) is 4.38. The van der Waals surface area contributed by atoms with Crippen molar-refractivity contribution in [1.82, 2.24) is 30.5 Å². The molecule has 0 saturated heterocycles. The Morgan fingerprint density at radius 1 is 1.22 bits per heavy atom. The fourth-order valence-corrected chi connectivity index (χ4v) is 6.58. The number of amides is 1. The van der Waals surface area contributed by atoms with Gasteiger partial charge in [0.25, 0.3) is 5.91 Å². The third-order valence-corrected chi connectivity index (χ3v) is 7.76. The molecule has 3 aromatic heterocycles. The van der Waals surface area contributed by atoms with Crippen LogP contribution in [0.25, 0.3) is 11.5 Å². The first-order valence-corrected chi connectivity index (χ1v) is 11.4. The number of fused-ring (bicyclic) bond motifs is 2. The monoisotopic (exact) mass is 430 g/mol. The van der Waals surface area contributed by atoms with Crippen molar-refractivity contribution in [1.29, 1.82) is 0 Å². The maximum absolute atomic E-state index is 13.2. The molecule has 8 heteroatoms. The Hall–Kier alpha value is -3.16. The molecule has 3 fully saturated rings. The summed E-state index contributed by atoms with van der Waals surface area (Å²) in [5, 5.41) is 12.3. The number of hydrogen-bond donors (Lipinski definition) is 1. The van der Waals surface area contributed by atoms with Crippen molar-refractivity contribution in [2.24, 2.45) is 11.8 Å². The van der Waals surface area contributed by atoms with E-state index in [1.807, 2.05) is 12.1 Å². The van der Waals surface area contributed by atoms with Crippen LogP contribution in [0.1, 0.15) is 67.1 Å². The molecule has 4 atom stereocenters. The first-order chi connectivity index (χ1) is 15.6. The number of pyridine rings is 1. The topological polar surface area (TPSA) is 107 Å². The van der Waals surface area contributed by atoms with Crippen molar-refractivity contribution in [3.8, 4) is 11.5 Å². The number of rotatable bonds is 4. The van der Waals surface area contributed by atoms with E-state index >= 15 is 0 Å². The van der Waals surface area contributed by atoms with Gasteiger partial charge in [-0.3, -0.25) is 9.78 Å². The Balaban J connectivity index is 1.34. The van der Waals surface area contributed by atoms with E-state index in [-0.39, 0.29) is 16.9 Å². The summed E-state index contributed by atoms with van der Waals surface area (Å²) >= 11 is 0. The maximum atomic E-state index is 13.2. The van der Waals surface area contributed by atoms with E-state index in [1.165, 1.54) is 6.42 Å². The average Bonchev–Trinajstić information content (AvgIpc) is 3.34. The van der Waals surface area contributed by atoms with Crippen molar-refractivity contribution >= 4 is 5.91 Å². The third-order valence-electron chi connectivity index (χ3n) is 7.76. The van der Waals surface area contributed by atoms with E-state index in [0.29, 0.717) is 35.1 Å². The van der Waals surface area contributed by atoms with Gasteiger partial charge in [-0.05, 0) is 69.1 Å². The lowest BCUT2D eigenvalue weighted by Gasteiger charge is -2.35. The molecule has 164 valence electrons. The number of nitrogens with one attached hydrogen (secondary N) is 1. The van der Waals surface area contributed by atoms with Gasteiger partial charge in [0.15, 0.2) is 0 Å². The van der Waals surface area contributed by atoms with Crippen LogP contribution < -0.4 is 5.32 Å². The number of aryl methyl sites for hydroxylation is 1. The van der Waals surface area contributed by atoms with Crippen LogP contribution in [0.15, 0.2) is 41.2 Å². The third kappa shape index (κ3) is 3.12. The van der Waals surface area contributed by atoms with Gasteiger partial charge in [0, 0.05) is 24.1 Å². The predicted molar refractivity (Wildman–Crippen MR) is 115 cm³/mol. The van der Waals surface area contributed by atoms with Gasteiger partial charge in [-0.25, -0.2) is 9.97 Å². The smallest absolute Gasteiger partial charge is 0.270 e. The van der Waals surface area contributed by atoms with Crippen LogP contribution in [0, 0.1) is 18.8 Å². The quantitative estimate of drug-likeness (QED) is 0.673. The molecule has 1 N–H and O–H groups in total. The number of hydrogen-bond acceptors (Lipinski definition) is 7. The lowest BCUT2D eigenvalue weighted by Crippen LogP contribution is -2.51. The van der Waals surface area contributed by atoms with E-state index in [2.05, 4.69) is 30.5 Å². The fourth-order valence-electron chi connectivity index (χ4n) is 6.58. The van der Waals surface area contributed by atoms with E-state index < -0.39 is 0 Å². The molecular weight excluding hydrogens is 404 g/mol. The molecule has 0 aromatic carbocycles. The molecule has 8 nitrogen and oxygen atoms in total. The molecular formula is C24H26N6O2. The molecule has 6 rings (SSSR count). The number of nitrogens with zero attached hydrogens (tertiary/aromatic N) is 5. The number of carbonyl (C=O) groups is 1. The molecule has 3 saturated carbocycles. The summed E-state index contributed by atoms with van der Waals surface area (Å²) in [5.74, 6) is 2.75. The van der Waals surface area contributed by atoms with E-state index in [0.717, 1.165) is 44.1 Å². The van der Waals surface area contributed by atoms with Gasteiger partial charge in [-0.2, -0.15) is 0 Å². The van der Waals surface area contributed by atoms with Gasteiger partial charge in [-0.15, -0.1) is 10.2 Å². The van der Waals surface area contributed by atoms with Crippen LogP contribution in [0.2, 0.25) is 0 Å². The Morgan fingerprint density at radius 2 is 2.16 bits per heavy atom. The maximum Gasteiger partial charge on any atom is 0.270 e. The Morgan fingerprint density at radius 3 is 3.00 bits per heavy atom. The van der Waals surface area contributed by atoms with Crippen molar-refractivity contribution < 1.29 is 9.21 Å². The lowest BCUT2D eigenvalue weighted by atomic mass is 9.69. The number of aromatic nitrogens is 5. The predicted octanol–water partition coefficient (Wildman–Crippen LogP) is 3.64. The molecule has 1 amide bonds. The Bertz CT molecular complexity index is 1160. The zero-order chi connectivity index (χ0) is 21.8. The van der Waals surface area contributed by atoms with Gasteiger partial charge in [0.2, 0.25) is 11.8 Å². The van der Waals surface area contributed by atoms with E-state index in [9.17, 15) is 4.79 Å². The minimum atomic E-state index is -0.260. The van der Waals surface area contributed by atoms with Crippen LogP contribution in [0.5, 0.6) is 0 Å². The fraction of sp³-hybridized carbons (Fsp3) is 0.500. The summed E-state index contributed by atoms with van der Waals surface area (Å²) in [7, 11) is 0. The minimum Gasteiger partial charge on any atom is -0.420 e. The van der Waals surface area contributed by atoms with Crippen LogP contribution in [-0.2, 0) is 5.41 Å². The summed E-state index contributed by atoms with van der Waals surface area (Å²) in [6, 6.07) is 5.49. The zero-order valence-corrected chi connectivity index (χ0v) is 18.1. The molecule has 3 bridgehead atoms. The van der Waals surface area contributed by atoms with Crippen LogP contribution >= 0.6 is 0 Å². The van der Waals surface area contributed by atoms with Gasteiger partial charge >= 0.3 is 0 Å². The molecule has 0 spiro atoms. The first-order valence-electron chi connectivity index (χ1n) is 11.4. The lowest BCUT2D eigenvalue weighted by molar-refractivity contribution is 0.0855. The van der Waals surface area contributed by atoms with Crippen LogP contribution in [0.3, 0.4) is 0 Å². The second-order valence-corrected chi connectivity index (χ2v) is 9.81. The minimum absolute atomic E-state index is 0.113. The molecule has 3 aromatic rings. The summed E-state index contributed by atoms with van der Waals surface area (Å²) in [6.07, 6.45) is 12.4. The standard InChI is InChI=1S/C24H26N6O2/c1-15-26-9-6-19(27-15)20(31)28-24-7-2-4-16-10-18(24)12-23(11-16,14-24)22-30-29-21(32-22)17-5-3-8-25-13-17/h3,5-6,8-9,13,16,18H,2,4,7,10-12,14H2,1H3,(H,28,31). The molecule has 3 aliphatic rings. The molecule has 4 unspecified atom stereocenters. The molecule has 3 aliphatic carbocycles. The summed E-state index contributed by atoms with van der Waals surface area (Å²) in [6.45, 7) is 1.80. The highest BCUT2D eigenvalue weighted by Gasteiger charge is 2.62. The number of carbonyl (C=O) groups excluding carboxylic acids is 1. The van der Waals surface area contributed by atoms with Crippen LogP contribution in [0.4, 0.5) is 0 Å². The van der Waals surface area contributed by atoms with Gasteiger partial charge < -0.3 is 9.73 Å². The van der Waals surface area contributed by atoms with Crippen molar-refractivity contribution in [3.05, 3.63) is 54.2 Å². The summed E-state index contributed by atoms with van der Waals surface area (Å²) < 4.78 is 6.25. The largest absolute Gasteiger partial charge is 0.420 e. The SMILES string of the molecule is Cc1nccc(C(=O)NC23CCCC4CC2CC(c2nnc(-c5cccnc5)o2)(C4)C3)n1. The second-order valence-electron chi connectivity index (χ2n) is 9.81. The average molecular weight is 431 g/mol. The van der Waals surface area contributed by atoms with Crippen molar-refractivity contribution in [3.63, 3.8) is 0 Å². The van der Waals surface area contributed by atoms with E-state index in [4.69, 9.17) is 4.42 Å². The molecule has 3 heterocycles. The van der Waals surface area contributed by atoms with Gasteiger partial charge in [-0.1, -0.05) is 12.8 Å². The van der Waals surface area contributed by atoms with Crippen LogP contribution in [-0.4, -0.2) is 36.6 Å². The summed E-state index contributed by atoms with van der Waals surface area (Å²) in [4.78, 5) is 25.8. The highest BCUT2D eigenvalue weighted by Crippen LogP contribution is 2.62. The zero-order valence-electron chi connectivity index (χ0n) is 18.1. The molecule has 32 heavy (non-hydrogen) atoms. The van der Waals surface area contributed by atoms with Crippen molar-refractivity contribution in [2.75, 3.05) is 0 Å². The molecule has 0 aliphatic heterocycles. The highest BCUT2D eigenvalue weighted by atomic mass is 16.4. The Labute approximate surface area is 186 Å². The normalized spacial score (nSPS) is 30.8. The summed E-state index contributed by atoms with van der Waals surface area (Å²) in [5.41, 5.74) is 0.815. The second kappa shape index (κ2) is 7.18. The first kappa shape index (κ1) is 19.5. The van der Waals surface area contributed by atoms with Gasteiger partial charge in [0.1, 0.15) is 11.5 Å². The molecule has 0 radical (unpaired) electrons. The highest BCUT2D eigenvalue weighted by molar-refractivity contribution is 5.92.